The second-order valence-electron chi connectivity index (χ2n) is 5.72. The van der Waals surface area contributed by atoms with Gasteiger partial charge in [-0.05, 0) is 36.8 Å². The molecule has 5 nitrogen and oxygen atoms in total. The van der Waals surface area contributed by atoms with Gasteiger partial charge in [-0.1, -0.05) is 30.3 Å². The van der Waals surface area contributed by atoms with Crippen LogP contribution in [0.1, 0.15) is 33.8 Å². The number of alkyl halides is 4. The molecule has 9 heteroatoms. The highest BCUT2D eigenvalue weighted by Gasteiger charge is 2.33. The molecule has 0 radical (unpaired) electrons. The zero-order chi connectivity index (χ0) is 20.7. The zero-order valence-electron chi connectivity index (χ0n) is 14.8. The molecule has 0 spiro atoms. The number of hydrogen-bond acceptors (Lipinski definition) is 4. The molecule has 0 saturated carbocycles. The van der Waals surface area contributed by atoms with E-state index in [0.29, 0.717) is 5.56 Å². The van der Waals surface area contributed by atoms with Crippen LogP contribution in [0.5, 0.6) is 0 Å². The molecule has 0 aliphatic rings. The summed E-state index contributed by atoms with van der Waals surface area (Å²) in [5.74, 6) is -1.26. The maximum Gasteiger partial charge on any atom is 0.416 e. The standard InChI is InChI=1S/C19H18ClF3N2O3/c1-2-28-18(27)16(24-25-17(26)13-6-4-3-5-7-13)15(20)12-8-10-14(11-9-12)19(21,22)23/h3-11,15-16,24H,2H2,1H3,(H,25,26)/t15-,16-/m0/s1. The topological polar surface area (TPSA) is 67.4 Å². The number of hydrazine groups is 1. The fraction of sp³-hybridized carbons (Fsp3) is 0.263. The van der Waals surface area contributed by atoms with E-state index in [9.17, 15) is 22.8 Å². The van der Waals surface area contributed by atoms with E-state index in [-0.39, 0.29) is 12.2 Å². The van der Waals surface area contributed by atoms with Gasteiger partial charge >= 0.3 is 12.1 Å². The molecule has 0 fully saturated rings. The molecule has 0 bridgehead atoms. The van der Waals surface area contributed by atoms with Crippen LogP contribution in [-0.2, 0) is 15.7 Å². The van der Waals surface area contributed by atoms with Crippen LogP contribution in [0.15, 0.2) is 54.6 Å². The molecule has 2 aromatic carbocycles. The van der Waals surface area contributed by atoms with E-state index in [0.717, 1.165) is 12.1 Å². The van der Waals surface area contributed by atoms with E-state index >= 15 is 0 Å². The summed E-state index contributed by atoms with van der Waals surface area (Å²) in [7, 11) is 0. The predicted molar refractivity (Wildman–Crippen MR) is 97.5 cm³/mol. The Hall–Kier alpha value is -2.58. The molecule has 0 saturated heterocycles. The van der Waals surface area contributed by atoms with E-state index in [1.165, 1.54) is 12.1 Å². The molecule has 0 aromatic heterocycles. The van der Waals surface area contributed by atoms with Gasteiger partial charge in [-0.2, -0.15) is 13.2 Å². The van der Waals surface area contributed by atoms with Gasteiger partial charge < -0.3 is 4.74 Å². The van der Waals surface area contributed by atoms with Gasteiger partial charge in [0.2, 0.25) is 0 Å². The van der Waals surface area contributed by atoms with Crippen molar-refractivity contribution in [3.05, 3.63) is 71.3 Å². The quantitative estimate of drug-likeness (QED) is 0.410. The number of esters is 1. The number of halogens is 4. The van der Waals surface area contributed by atoms with Crippen molar-refractivity contribution >= 4 is 23.5 Å². The van der Waals surface area contributed by atoms with Crippen molar-refractivity contribution in [3.63, 3.8) is 0 Å². The largest absolute Gasteiger partial charge is 0.465 e. The maximum absolute atomic E-state index is 12.7. The fourth-order valence-corrected chi connectivity index (χ4v) is 2.65. The summed E-state index contributed by atoms with van der Waals surface area (Å²) < 4.78 is 43.1. The van der Waals surface area contributed by atoms with Crippen LogP contribution in [0.4, 0.5) is 13.2 Å². The normalized spacial score (nSPS) is 13.5. The first-order chi connectivity index (χ1) is 13.2. The highest BCUT2D eigenvalue weighted by Crippen LogP contribution is 2.32. The number of amides is 1. The van der Waals surface area contributed by atoms with Crippen LogP contribution in [0.3, 0.4) is 0 Å². The van der Waals surface area contributed by atoms with Crippen molar-refractivity contribution in [2.75, 3.05) is 6.61 Å². The van der Waals surface area contributed by atoms with Crippen LogP contribution in [0.25, 0.3) is 0 Å². The molecule has 2 aromatic rings. The lowest BCUT2D eigenvalue weighted by Crippen LogP contribution is -2.50. The van der Waals surface area contributed by atoms with Crippen molar-refractivity contribution in [3.8, 4) is 0 Å². The van der Waals surface area contributed by atoms with Crippen LogP contribution in [0.2, 0.25) is 0 Å². The lowest BCUT2D eigenvalue weighted by Gasteiger charge is -2.23. The smallest absolute Gasteiger partial charge is 0.416 e. The average Bonchev–Trinajstić information content (AvgIpc) is 2.68. The second-order valence-corrected chi connectivity index (χ2v) is 6.19. The van der Waals surface area contributed by atoms with Crippen LogP contribution >= 0.6 is 11.6 Å². The first-order valence-electron chi connectivity index (χ1n) is 8.32. The van der Waals surface area contributed by atoms with Gasteiger partial charge in [0, 0.05) is 5.56 Å². The first-order valence-corrected chi connectivity index (χ1v) is 8.76. The minimum Gasteiger partial charge on any atom is -0.465 e. The molecule has 2 rings (SSSR count). The first kappa shape index (κ1) is 21.7. The Morgan fingerprint density at radius 1 is 1.07 bits per heavy atom. The van der Waals surface area contributed by atoms with Crippen molar-refractivity contribution in [2.24, 2.45) is 0 Å². The third-order valence-electron chi connectivity index (χ3n) is 3.77. The monoisotopic (exact) mass is 414 g/mol. The lowest BCUT2D eigenvalue weighted by molar-refractivity contribution is -0.146. The highest BCUT2D eigenvalue weighted by atomic mass is 35.5. The third kappa shape index (κ3) is 5.71. The number of rotatable bonds is 7. The van der Waals surface area contributed by atoms with E-state index in [4.69, 9.17) is 16.3 Å². The Bertz CT molecular complexity index is 798. The SMILES string of the molecule is CCOC(=O)[C@@H](NNC(=O)c1ccccc1)[C@@H](Cl)c1ccc(C(F)(F)F)cc1. The summed E-state index contributed by atoms with van der Waals surface area (Å²) in [5.41, 5.74) is 4.66. The molecule has 0 aliphatic carbocycles. The van der Waals surface area contributed by atoms with E-state index in [2.05, 4.69) is 10.9 Å². The lowest BCUT2D eigenvalue weighted by atomic mass is 10.0. The second kappa shape index (κ2) is 9.57. The van der Waals surface area contributed by atoms with Crippen LogP contribution < -0.4 is 10.9 Å². The van der Waals surface area contributed by atoms with Gasteiger partial charge in [-0.25, -0.2) is 5.43 Å². The average molecular weight is 415 g/mol. The molecule has 2 N–H and O–H groups in total. The Labute approximate surface area is 164 Å². The minimum absolute atomic E-state index is 0.0697. The summed E-state index contributed by atoms with van der Waals surface area (Å²) in [6.45, 7) is 1.67. The number of ether oxygens (including phenoxy) is 1. The number of nitrogens with one attached hydrogen (secondary N) is 2. The van der Waals surface area contributed by atoms with E-state index in [1.807, 2.05) is 0 Å². The van der Waals surface area contributed by atoms with E-state index in [1.54, 1.807) is 37.3 Å². The third-order valence-corrected chi connectivity index (χ3v) is 4.27. The Kier molecular flexibility index (Phi) is 7.42. The molecular formula is C19H18ClF3N2O3. The summed E-state index contributed by atoms with van der Waals surface area (Å²) in [4.78, 5) is 24.4. The molecule has 2 atom stereocenters. The van der Waals surface area contributed by atoms with E-state index < -0.39 is 35.0 Å². The number of carbonyl (C=O) groups is 2. The van der Waals surface area contributed by atoms with Gasteiger partial charge in [-0.15, -0.1) is 11.6 Å². The summed E-state index contributed by atoms with van der Waals surface area (Å²) in [6.07, 6.45) is -4.48. The highest BCUT2D eigenvalue weighted by molar-refractivity contribution is 6.22. The Morgan fingerprint density at radius 2 is 1.68 bits per heavy atom. The summed E-state index contributed by atoms with van der Waals surface area (Å²) >= 11 is 6.30. The van der Waals surface area contributed by atoms with Crippen molar-refractivity contribution in [2.45, 2.75) is 24.5 Å². The van der Waals surface area contributed by atoms with Gasteiger partial charge in [-0.3, -0.25) is 15.0 Å². The van der Waals surface area contributed by atoms with Crippen molar-refractivity contribution < 1.29 is 27.5 Å². The van der Waals surface area contributed by atoms with Crippen molar-refractivity contribution in [1.29, 1.82) is 0 Å². The van der Waals surface area contributed by atoms with Crippen molar-refractivity contribution in [1.82, 2.24) is 10.9 Å². The molecule has 1 amide bonds. The molecule has 28 heavy (non-hydrogen) atoms. The predicted octanol–water partition coefficient (Wildman–Crippen LogP) is 3.85. The van der Waals surface area contributed by atoms with Gasteiger partial charge in [0.1, 0.15) is 6.04 Å². The van der Waals surface area contributed by atoms with Crippen LogP contribution in [0, 0.1) is 0 Å². The molecular weight excluding hydrogens is 397 g/mol. The van der Waals surface area contributed by atoms with Gasteiger partial charge in [0.15, 0.2) is 0 Å². The maximum atomic E-state index is 12.7. The Balaban J connectivity index is 2.15. The number of hydrogen-bond donors (Lipinski definition) is 2. The summed E-state index contributed by atoms with van der Waals surface area (Å²) in [5, 5.41) is -1.09. The molecule has 0 heterocycles. The molecule has 150 valence electrons. The molecule has 0 aliphatic heterocycles. The zero-order valence-corrected chi connectivity index (χ0v) is 15.6. The summed E-state index contributed by atoms with van der Waals surface area (Å²) in [6, 6.07) is 11.1. The minimum atomic E-state index is -4.48. The van der Waals surface area contributed by atoms with Crippen LogP contribution in [-0.4, -0.2) is 24.5 Å². The Morgan fingerprint density at radius 3 is 2.21 bits per heavy atom. The van der Waals surface area contributed by atoms with Gasteiger partial charge in [0.05, 0.1) is 17.5 Å². The fourth-order valence-electron chi connectivity index (χ4n) is 2.34. The number of benzene rings is 2. The number of carbonyl (C=O) groups excluding carboxylic acids is 2. The molecule has 0 unspecified atom stereocenters. The van der Waals surface area contributed by atoms with Gasteiger partial charge in [0.25, 0.3) is 5.91 Å².